The number of fused-ring (bicyclic) bond motifs is 1. The highest BCUT2D eigenvalue weighted by atomic mass is 16.6. The lowest BCUT2D eigenvalue weighted by molar-refractivity contribution is -0.136. The number of nitrogens with one attached hydrogen (secondary N) is 2. The molecule has 2 saturated heterocycles. The minimum atomic E-state index is -1.09. The van der Waals surface area contributed by atoms with Crippen LogP contribution in [0.15, 0.2) is 36.4 Å². The van der Waals surface area contributed by atoms with Crippen molar-refractivity contribution in [3.8, 4) is 0 Å². The van der Waals surface area contributed by atoms with Crippen molar-refractivity contribution in [2.45, 2.75) is 107 Å². The van der Waals surface area contributed by atoms with Gasteiger partial charge in [0.2, 0.25) is 11.8 Å². The van der Waals surface area contributed by atoms with Crippen molar-refractivity contribution < 1.29 is 29.0 Å². The summed E-state index contributed by atoms with van der Waals surface area (Å²) in [6.45, 7) is 8.02. The molecule has 3 aliphatic heterocycles. The van der Waals surface area contributed by atoms with Gasteiger partial charge in [0, 0.05) is 37.0 Å². The summed E-state index contributed by atoms with van der Waals surface area (Å²) in [7, 11) is 0. The Labute approximate surface area is 262 Å². The number of ether oxygens (including phenoxy) is 1. The lowest BCUT2D eigenvalue weighted by atomic mass is 9.37. The average molecular weight is 616 g/mol. The lowest BCUT2D eigenvalue weighted by Crippen LogP contribution is -2.76. The second-order valence-electron chi connectivity index (χ2n) is 14.8. The Bertz CT molecular complexity index is 1550. The molecule has 4 heterocycles. The number of amides is 4. The molecule has 0 spiro atoms. The molecule has 2 aromatic rings. The van der Waals surface area contributed by atoms with E-state index in [0.29, 0.717) is 49.3 Å². The molecule has 1 atom stereocenters. The molecule has 3 aliphatic carbocycles. The summed E-state index contributed by atoms with van der Waals surface area (Å²) < 4.78 is 5.44. The van der Waals surface area contributed by atoms with Gasteiger partial charge in [-0.05, 0) is 82.6 Å². The molecule has 3 N–H and O–H groups in total. The number of hydrogen-bond donors (Lipinski definition) is 3. The number of aliphatic hydroxyl groups is 1. The van der Waals surface area contributed by atoms with Gasteiger partial charge in [0.05, 0.1) is 23.5 Å². The fourth-order valence-electron chi connectivity index (χ4n) is 8.00. The molecule has 4 amide bonds. The average Bonchev–Trinajstić information content (AvgIpc) is 3.26. The van der Waals surface area contributed by atoms with E-state index in [-0.39, 0.29) is 41.8 Å². The van der Waals surface area contributed by atoms with Crippen molar-refractivity contribution in [1.29, 1.82) is 0 Å². The number of rotatable bonds is 6. The second-order valence-corrected chi connectivity index (χ2v) is 14.8. The molecule has 11 nitrogen and oxygen atoms in total. The molecule has 1 aromatic heterocycles. The van der Waals surface area contributed by atoms with Crippen LogP contribution in [0.4, 0.5) is 4.79 Å². The van der Waals surface area contributed by atoms with Gasteiger partial charge in [0.25, 0.3) is 5.91 Å². The van der Waals surface area contributed by atoms with Crippen LogP contribution in [0.1, 0.15) is 98.6 Å². The number of imide groups is 1. The number of aromatic nitrogens is 1. The van der Waals surface area contributed by atoms with Gasteiger partial charge in [-0.2, -0.15) is 0 Å². The molecule has 0 radical (unpaired) electrons. The Morgan fingerprint density at radius 2 is 1.76 bits per heavy atom. The van der Waals surface area contributed by atoms with Crippen molar-refractivity contribution in [3.05, 3.63) is 64.5 Å². The number of hydrogen-bond acceptors (Lipinski definition) is 8. The van der Waals surface area contributed by atoms with Crippen LogP contribution in [0.3, 0.4) is 0 Å². The van der Waals surface area contributed by atoms with Gasteiger partial charge < -0.3 is 20.1 Å². The first-order valence-corrected chi connectivity index (χ1v) is 16.0. The highest BCUT2D eigenvalue weighted by Gasteiger charge is 2.69. The Balaban J connectivity index is 0.918. The number of likely N-dealkylation sites (tertiary alicyclic amines) is 1. The van der Waals surface area contributed by atoms with Crippen molar-refractivity contribution in [1.82, 2.24) is 25.4 Å². The highest BCUT2D eigenvalue weighted by Crippen LogP contribution is 2.67. The van der Waals surface area contributed by atoms with Crippen LogP contribution < -0.4 is 10.6 Å². The summed E-state index contributed by atoms with van der Waals surface area (Å²) in [5.74, 6) is -1.04. The van der Waals surface area contributed by atoms with Gasteiger partial charge in [-0.25, -0.2) is 4.79 Å². The fraction of sp³-hybridized carbons (Fsp3) is 0.559. The number of nitrogens with zero attached hydrogens (tertiary/aromatic N) is 3. The summed E-state index contributed by atoms with van der Waals surface area (Å²) in [6.07, 6.45) is 4.06. The standard InChI is InChI=1S/C34H41N5O6/c1-31(2,3)45-30(43)37-33-18-32(19-33,20-33)22-6-4-21(5-7-22)16-38-14-12-34(44,13-15-38)26-10-8-23-24(35-26)17-39(29(23)42)25-9-11-27(40)36-28(25)41/h4-8,10,25,44H,9,11-20H2,1-3H3,(H,37,43)(H,36,40,41). The van der Waals surface area contributed by atoms with E-state index >= 15 is 0 Å². The van der Waals surface area contributed by atoms with E-state index in [4.69, 9.17) is 9.72 Å². The molecule has 6 aliphatic rings. The van der Waals surface area contributed by atoms with Crippen molar-refractivity contribution in [2.75, 3.05) is 13.1 Å². The Morgan fingerprint density at radius 1 is 1.07 bits per heavy atom. The van der Waals surface area contributed by atoms with E-state index in [1.165, 1.54) is 16.0 Å². The zero-order chi connectivity index (χ0) is 31.8. The largest absolute Gasteiger partial charge is 0.444 e. The van der Waals surface area contributed by atoms with E-state index in [2.05, 4.69) is 39.8 Å². The number of carbonyl (C=O) groups is 4. The third kappa shape index (κ3) is 5.39. The molecule has 5 fully saturated rings. The van der Waals surface area contributed by atoms with Crippen LogP contribution in [0.25, 0.3) is 0 Å². The summed E-state index contributed by atoms with van der Waals surface area (Å²) in [4.78, 5) is 57.7. The maximum absolute atomic E-state index is 13.0. The zero-order valence-electron chi connectivity index (χ0n) is 26.1. The third-order valence-corrected chi connectivity index (χ3v) is 10.3. The maximum atomic E-state index is 13.0. The third-order valence-electron chi connectivity index (χ3n) is 10.3. The summed E-state index contributed by atoms with van der Waals surface area (Å²) in [6, 6.07) is 11.6. The van der Waals surface area contributed by atoms with Crippen molar-refractivity contribution in [3.63, 3.8) is 0 Å². The van der Waals surface area contributed by atoms with Crippen LogP contribution in [-0.2, 0) is 38.4 Å². The van der Waals surface area contributed by atoms with Crippen molar-refractivity contribution in [2.24, 2.45) is 0 Å². The van der Waals surface area contributed by atoms with Gasteiger partial charge in [0.15, 0.2) is 0 Å². The van der Waals surface area contributed by atoms with E-state index in [1.807, 2.05) is 20.8 Å². The van der Waals surface area contributed by atoms with Gasteiger partial charge in [-0.3, -0.25) is 29.6 Å². The smallest absolute Gasteiger partial charge is 0.408 e. The van der Waals surface area contributed by atoms with Gasteiger partial charge in [-0.1, -0.05) is 24.3 Å². The van der Waals surface area contributed by atoms with Crippen LogP contribution in [0, 0.1) is 0 Å². The zero-order valence-corrected chi connectivity index (χ0v) is 26.1. The number of alkyl carbamates (subject to hydrolysis) is 1. The number of pyridine rings is 1. The van der Waals surface area contributed by atoms with E-state index in [0.717, 1.165) is 25.8 Å². The minimum absolute atomic E-state index is 0.123. The SMILES string of the molecule is CC(C)(C)OC(=O)NC12CC(c3ccc(CN4CCC(O)(c5ccc6c(n5)CN(C5CCC(=O)NC5=O)C6=O)CC4)cc3)(C1)C2. The van der Waals surface area contributed by atoms with E-state index in [9.17, 15) is 24.3 Å². The second kappa shape index (κ2) is 10.3. The first-order valence-electron chi connectivity index (χ1n) is 16.0. The van der Waals surface area contributed by atoms with Gasteiger partial charge in [-0.15, -0.1) is 0 Å². The molecular weight excluding hydrogens is 574 g/mol. The predicted molar refractivity (Wildman–Crippen MR) is 163 cm³/mol. The summed E-state index contributed by atoms with van der Waals surface area (Å²) in [5.41, 5.74) is 2.55. The lowest BCUT2D eigenvalue weighted by Gasteiger charge is -2.70. The topological polar surface area (TPSA) is 141 Å². The van der Waals surface area contributed by atoms with Crippen LogP contribution in [-0.4, -0.2) is 74.0 Å². The summed E-state index contributed by atoms with van der Waals surface area (Å²) >= 11 is 0. The molecule has 2 bridgehead atoms. The van der Waals surface area contributed by atoms with Crippen LogP contribution in [0.2, 0.25) is 0 Å². The van der Waals surface area contributed by atoms with Crippen LogP contribution >= 0.6 is 0 Å². The first-order chi connectivity index (χ1) is 21.3. The first kappa shape index (κ1) is 29.9. The Kier molecular flexibility index (Phi) is 6.87. The number of benzene rings is 1. The monoisotopic (exact) mass is 615 g/mol. The molecule has 11 heteroatoms. The van der Waals surface area contributed by atoms with E-state index in [1.54, 1.807) is 12.1 Å². The molecule has 8 rings (SSSR count). The molecule has 1 unspecified atom stereocenters. The molecule has 238 valence electrons. The Morgan fingerprint density at radius 3 is 2.40 bits per heavy atom. The molecule has 1 aromatic carbocycles. The number of piperidine rings is 2. The fourth-order valence-corrected chi connectivity index (χ4v) is 8.00. The summed E-state index contributed by atoms with van der Waals surface area (Å²) in [5, 5.41) is 17.0. The normalized spacial score (nSPS) is 28.9. The molecule has 3 saturated carbocycles. The molecule has 45 heavy (non-hydrogen) atoms. The van der Waals surface area contributed by atoms with Crippen LogP contribution in [0.5, 0.6) is 0 Å². The molecular formula is C34H41N5O6. The van der Waals surface area contributed by atoms with Gasteiger partial charge in [0.1, 0.15) is 17.2 Å². The minimum Gasteiger partial charge on any atom is -0.444 e. The van der Waals surface area contributed by atoms with Crippen molar-refractivity contribution >= 4 is 23.8 Å². The highest BCUT2D eigenvalue weighted by molar-refractivity contribution is 6.05. The van der Waals surface area contributed by atoms with E-state index < -0.39 is 23.2 Å². The predicted octanol–water partition coefficient (Wildman–Crippen LogP) is 3.03. The van der Waals surface area contributed by atoms with Gasteiger partial charge >= 0.3 is 6.09 Å². The Hall–Kier alpha value is -3.83. The maximum Gasteiger partial charge on any atom is 0.408 e. The quantitative estimate of drug-likeness (QED) is 0.422. The number of carbonyl (C=O) groups excluding carboxylic acids is 4.